The summed E-state index contributed by atoms with van der Waals surface area (Å²) in [5.41, 5.74) is 13.2. The SMILES string of the molecule is [2H]c1c([2H])c([2H])c2c(c1[2H])-c1ccc(N(c3ccc(-c4ccc(-c5ccccc5)c5ccccc45)cc3)c3ccccc3-c3ccccc3)cc1C2(c1ccccc1)c1ccccc1. The predicted octanol–water partition coefficient (Wildman–Crippen LogP) is 15.7. The van der Waals surface area contributed by atoms with E-state index in [2.05, 4.69) is 187 Å². The quantitative estimate of drug-likeness (QED) is 0.149. The van der Waals surface area contributed by atoms with E-state index in [9.17, 15) is 2.74 Å². The molecular weight excluding hydrogens is 723 g/mol. The molecule has 0 spiro atoms. The second-order valence-electron chi connectivity index (χ2n) is 15.3. The average Bonchev–Trinajstić information content (AvgIpc) is 3.68. The molecule has 1 nitrogen and oxygen atoms in total. The molecule has 0 saturated carbocycles. The van der Waals surface area contributed by atoms with E-state index in [4.69, 9.17) is 2.74 Å². The van der Waals surface area contributed by atoms with Gasteiger partial charge in [-0.2, -0.15) is 0 Å². The van der Waals surface area contributed by atoms with Crippen molar-refractivity contribution in [1.82, 2.24) is 0 Å². The molecule has 60 heavy (non-hydrogen) atoms. The third kappa shape index (κ3) is 5.78. The first-order valence-electron chi connectivity index (χ1n) is 22.4. The molecular formula is C59H41N. The summed E-state index contributed by atoms with van der Waals surface area (Å²) in [5, 5.41) is 2.39. The molecule has 10 aromatic carbocycles. The van der Waals surface area contributed by atoms with Gasteiger partial charge < -0.3 is 4.90 Å². The fourth-order valence-electron chi connectivity index (χ4n) is 9.44. The Morgan fingerprint density at radius 1 is 0.333 bits per heavy atom. The zero-order valence-electron chi connectivity index (χ0n) is 36.8. The topological polar surface area (TPSA) is 3.24 Å². The molecule has 0 fully saturated rings. The highest BCUT2D eigenvalue weighted by molar-refractivity contribution is 6.05. The van der Waals surface area contributed by atoms with Gasteiger partial charge >= 0.3 is 0 Å². The lowest BCUT2D eigenvalue weighted by molar-refractivity contribution is 0.768. The van der Waals surface area contributed by atoms with E-state index < -0.39 is 5.41 Å². The van der Waals surface area contributed by atoms with Crippen molar-refractivity contribution in [2.45, 2.75) is 5.41 Å². The number of benzene rings is 10. The first-order valence-corrected chi connectivity index (χ1v) is 20.4. The number of para-hydroxylation sites is 1. The lowest BCUT2D eigenvalue weighted by Gasteiger charge is -2.35. The molecule has 0 atom stereocenters. The van der Waals surface area contributed by atoms with Crippen LogP contribution < -0.4 is 4.90 Å². The second-order valence-corrected chi connectivity index (χ2v) is 15.3. The van der Waals surface area contributed by atoms with Crippen molar-refractivity contribution < 1.29 is 5.48 Å². The highest BCUT2D eigenvalue weighted by atomic mass is 15.1. The largest absolute Gasteiger partial charge is 0.310 e. The van der Waals surface area contributed by atoms with Gasteiger partial charge in [-0.15, -0.1) is 0 Å². The highest BCUT2D eigenvalue weighted by Gasteiger charge is 2.46. The van der Waals surface area contributed by atoms with Gasteiger partial charge in [0.25, 0.3) is 0 Å². The van der Waals surface area contributed by atoms with Crippen molar-refractivity contribution in [3.8, 4) is 44.5 Å². The van der Waals surface area contributed by atoms with E-state index in [0.29, 0.717) is 11.1 Å². The minimum absolute atomic E-state index is 0.0346. The molecule has 282 valence electrons. The standard InChI is InChI=1S/C59H41N/c1-5-19-42(20-6-1)49-39-40-50(53-29-14-13-28-52(49)53)44-33-35-47(36-34-44)60(58-32-18-16-27-51(58)43-21-7-2-8-22-43)48-37-38-55-54-30-15-17-31-56(54)59(57(55)41-48,45-23-9-3-10-24-45)46-25-11-4-12-26-46/h1-41H/i15D,17D,30D,31D. The van der Waals surface area contributed by atoms with Crippen LogP contribution in [0.3, 0.4) is 0 Å². The summed E-state index contributed by atoms with van der Waals surface area (Å²) in [4.78, 5) is 2.31. The summed E-state index contributed by atoms with van der Waals surface area (Å²) in [5.74, 6) is 0. The average molecular weight is 768 g/mol. The van der Waals surface area contributed by atoms with Crippen molar-refractivity contribution in [3.63, 3.8) is 0 Å². The molecule has 0 heterocycles. The van der Waals surface area contributed by atoms with E-state index in [0.717, 1.165) is 61.6 Å². The first kappa shape index (κ1) is 31.3. The molecule has 0 amide bonds. The maximum Gasteiger partial charge on any atom is 0.0714 e. The van der Waals surface area contributed by atoms with Gasteiger partial charge in [0.1, 0.15) is 0 Å². The molecule has 0 N–H and O–H groups in total. The molecule has 10 aromatic rings. The summed E-state index contributed by atoms with van der Waals surface area (Å²) in [6.07, 6.45) is 0. The maximum absolute atomic E-state index is 9.57. The Bertz CT molecular complexity index is 3310. The molecule has 0 bridgehead atoms. The second kappa shape index (κ2) is 14.9. The van der Waals surface area contributed by atoms with Crippen molar-refractivity contribution in [1.29, 1.82) is 0 Å². The summed E-state index contributed by atoms with van der Waals surface area (Å²) in [6.45, 7) is 0. The number of fused-ring (bicyclic) bond motifs is 4. The van der Waals surface area contributed by atoms with Crippen molar-refractivity contribution in [2.24, 2.45) is 0 Å². The van der Waals surface area contributed by atoms with Crippen LogP contribution in [0.1, 0.15) is 27.7 Å². The van der Waals surface area contributed by atoms with Crippen molar-refractivity contribution >= 4 is 27.8 Å². The van der Waals surface area contributed by atoms with Crippen LogP contribution in [0.4, 0.5) is 17.1 Å². The summed E-state index contributed by atoms with van der Waals surface area (Å²) < 4.78 is 36.8. The first-order chi connectivity index (χ1) is 31.4. The van der Waals surface area contributed by atoms with Gasteiger partial charge in [0.05, 0.1) is 16.6 Å². The Balaban J connectivity index is 1.15. The number of hydrogen-bond acceptors (Lipinski definition) is 1. The molecule has 0 radical (unpaired) electrons. The molecule has 11 rings (SSSR count). The van der Waals surface area contributed by atoms with Crippen LogP contribution >= 0.6 is 0 Å². The van der Waals surface area contributed by atoms with Crippen LogP contribution in [-0.4, -0.2) is 0 Å². The van der Waals surface area contributed by atoms with Gasteiger partial charge in [-0.1, -0.05) is 218 Å². The third-order valence-corrected chi connectivity index (χ3v) is 12.1. The van der Waals surface area contributed by atoms with Gasteiger partial charge in [-0.05, 0) is 102 Å². The molecule has 1 aliphatic carbocycles. The lowest BCUT2D eigenvalue weighted by atomic mass is 9.67. The Labute approximate surface area is 357 Å². The maximum atomic E-state index is 9.57. The number of anilines is 3. The lowest BCUT2D eigenvalue weighted by Crippen LogP contribution is -2.28. The Hall–Kier alpha value is -7.74. The summed E-state index contributed by atoms with van der Waals surface area (Å²) >= 11 is 0. The monoisotopic (exact) mass is 767 g/mol. The minimum Gasteiger partial charge on any atom is -0.310 e. The van der Waals surface area contributed by atoms with Gasteiger partial charge in [0.15, 0.2) is 0 Å². The van der Waals surface area contributed by atoms with E-state index in [1.807, 2.05) is 42.5 Å². The zero-order valence-corrected chi connectivity index (χ0v) is 32.8. The molecule has 1 heteroatoms. The van der Waals surface area contributed by atoms with Crippen molar-refractivity contribution in [2.75, 3.05) is 4.90 Å². The van der Waals surface area contributed by atoms with Crippen LogP contribution in [0.5, 0.6) is 0 Å². The van der Waals surface area contributed by atoms with E-state index in [-0.39, 0.29) is 24.2 Å². The normalized spacial score (nSPS) is 13.4. The predicted molar refractivity (Wildman–Crippen MR) is 252 cm³/mol. The Kier molecular flexibility index (Phi) is 7.76. The van der Waals surface area contributed by atoms with Gasteiger partial charge in [0, 0.05) is 16.9 Å². The molecule has 1 aliphatic rings. The minimum atomic E-state index is -1.05. The van der Waals surface area contributed by atoms with E-state index >= 15 is 0 Å². The van der Waals surface area contributed by atoms with Gasteiger partial charge in [-0.3, -0.25) is 0 Å². The van der Waals surface area contributed by atoms with E-state index in [1.165, 1.54) is 21.9 Å². The van der Waals surface area contributed by atoms with Crippen molar-refractivity contribution in [3.05, 3.63) is 271 Å². The molecule has 0 aromatic heterocycles. The van der Waals surface area contributed by atoms with Crippen LogP contribution in [0.25, 0.3) is 55.3 Å². The summed E-state index contributed by atoms with van der Waals surface area (Å²) in [7, 11) is 0. The summed E-state index contributed by atoms with van der Waals surface area (Å²) in [6, 6.07) is 77.6. The van der Waals surface area contributed by atoms with Crippen LogP contribution in [0.15, 0.2) is 249 Å². The smallest absolute Gasteiger partial charge is 0.0714 e. The van der Waals surface area contributed by atoms with Crippen LogP contribution in [-0.2, 0) is 5.41 Å². The fraction of sp³-hybridized carbons (Fsp3) is 0.0169. The van der Waals surface area contributed by atoms with Gasteiger partial charge in [0.2, 0.25) is 0 Å². The Morgan fingerprint density at radius 3 is 1.42 bits per heavy atom. The number of rotatable bonds is 8. The van der Waals surface area contributed by atoms with E-state index in [1.54, 1.807) is 0 Å². The third-order valence-electron chi connectivity index (χ3n) is 12.1. The van der Waals surface area contributed by atoms with Crippen LogP contribution in [0.2, 0.25) is 0 Å². The zero-order chi connectivity index (χ0) is 43.4. The molecule has 0 aliphatic heterocycles. The van der Waals surface area contributed by atoms with Crippen LogP contribution in [0, 0.1) is 0 Å². The molecule has 0 unspecified atom stereocenters. The Morgan fingerprint density at radius 2 is 0.800 bits per heavy atom. The van der Waals surface area contributed by atoms with Gasteiger partial charge in [-0.25, -0.2) is 0 Å². The number of hydrogen-bond donors (Lipinski definition) is 0. The fourth-order valence-corrected chi connectivity index (χ4v) is 9.44. The molecule has 0 saturated heterocycles. The highest BCUT2D eigenvalue weighted by Crippen LogP contribution is 2.57. The number of nitrogens with zero attached hydrogens (tertiary/aromatic N) is 1.